The van der Waals surface area contributed by atoms with Gasteiger partial charge in [-0.3, -0.25) is 9.98 Å². The number of aliphatic hydroxyl groups is 1. The molecule has 0 radical (unpaired) electrons. The third-order valence-corrected chi connectivity index (χ3v) is 7.31. The molecule has 0 saturated carbocycles. The van der Waals surface area contributed by atoms with E-state index < -0.39 is 0 Å². The quantitative estimate of drug-likeness (QED) is 0.0753. The summed E-state index contributed by atoms with van der Waals surface area (Å²) in [6.07, 6.45) is 5.87. The molecule has 4 rings (SSSR count). The Morgan fingerprint density at radius 1 is 1.00 bits per heavy atom. The summed E-state index contributed by atoms with van der Waals surface area (Å²) in [7, 11) is 0. The first kappa shape index (κ1) is 32.2. The van der Waals surface area contributed by atoms with Crippen molar-refractivity contribution in [2.24, 2.45) is 20.9 Å². The molecule has 1 aliphatic rings. The number of nitrogens with zero attached hydrogens (tertiary/aromatic N) is 3. The van der Waals surface area contributed by atoms with Crippen LogP contribution in [0, 0.1) is 25.6 Å². The summed E-state index contributed by atoms with van der Waals surface area (Å²) in [5.74, 6) is 1.21. The molecule has 0 aliphatic carbocycles. The fourth-order valence-electron chi connectivity index (χ4n) is 5.00. The molecule has 1 aliphatic heterocycles. The Hall–Kier alpha value is -4.32. The van der Waals surface area contributed by atoms with Crippen molar-refractivity contribution in [3.05, 3.63) is 114 Å². The lowest BCUT2D eigenvalue weighted by atomic mass is 9.93. The molecule has 0 spiro atoms. The van der Waals surface area contributed by atoms with Crippen LogP contribution in [-0.4, -0.2) is 29.9 Å². The summed E-state index contributed by atoms with van der Waals surface area (Å²) < 4.78 is 13.4. The van der Waals surface area contributed by atoms with Crippen molar-refractivity contribution in [3.63, 3.8) is 0 Å². The van der Waals surface area contributed by atoms with E-state index in [4.69, 9.17) is 9.98 Å². The number of anilines is 1. The first-order valence-electron chi connectivity index (χ1n) is 14.5. The van der Waals surface area contributed by atoms with E-state index in [0.717, 1.165) is 78.4 Å². The van der Waals surface area contributed by atoms with Crippen molar-refractivity contribution in [2.75, 3.05) is 11.9 Å². The fourth-order valence-corrected chi connectivity index (χ4v) is 5.00. The van der Waals surface area contributed by atoms with Gasteiger partial charge in [0.15, 0.2) is 0 Å². The Balaban J connectivity index is 0.00000237. The molecule has 0 aromatic heterocycles. The van der Waals surface area contributed by atoms with Gasteiger partial charge in [-0.15, -0.1) is 13.2 Å². The van der Waals surface area contributed by atoms with Crippen molar-refractivity contribution in [2.45, 2.75) is 58.8 Å². The van der Waals surface area contributed by atoms with E-state index >= 15 is 0 Å². The van der Waals surface area contributed by atoms with Crippen molar-refractivity contribution < 1.29 is 9.50 Å². The Kier molecular flexibility index (Phi) is 12.4. The van der Waals surface area contributed by atoms with E-state index in [9.17, 15) is 9.50 Å². The maximum absolute atomic E-state index is 13.4. The van der Waals surface area contributed by atoms with Crippen LogP contribution in [0.5, 0.6) is 0 Å². The van der Waals surface area contributed by atoms with Crippen LogP contribution >= 0.6 is 0 Å². The van der Waals surface area contributed by atoms with Crippen molar-refractivity contribution >= 4 is 35.3 Å². The largest absolute Gasteiger partial charge is 0.513 e. The van der Waals surface area contributed by atoms with E-state index in [1.54, 1.807) is 12.1 Å². The zero-order chi connectivity index (χ0) is 30.5. The Labute approximate surface area is 250 Å². The summed E-state index contributed by atoms with van der Waals surface area (Å²) >= 11 is 0. The van der Waals surface area contributed by atoms with Gasteiger partial charge in [0.25, 0.3) is 0 Å². The van der Waals surface area contributed by atoms with Gasteiger partial charge in [-0.25, -0.2) is 9.38 Å². The minimum atomic E-state index is -0.277. The van der Waals surface area contributed by atoms with E-state index in [-0.39, 0.29) is 11.6 Å². The van der Waals surface area contributed by atoms with Gasteiger partial charge in [0.2, 0.25) is 0 Å². The van der Waals surface area contributed by atoms with Gasteiger partial charge in [0.05, 0.1) is 17.1 Å². The number of rotatable bonds is 12. The molecule has 1 unspecified atom stereocenters. The molecule has 1 heterocycles. The van der Waals surface area contributed by atoms with Crippen LogP contribution in [0.15, 0.2) is 101 Å². The highest BCUT2D eigenvalue weighted by Gasteiger charge is 2.21. The molecule has 5 nitrogen and oxygen atoms in total. The zero-order valence-electron chi connectivity index (χ0n) is 25.0. The number of aliphatic imine (C=N–C) groups is 3. The van der Waals surface area contributed by atoms with Gasteiger partial charge in [0.1, 0.15) is 11.7 Å². The number of amidine groups is 1. The van der Waals surface area contributed by atoms with Crippen LogP contribution in [0.25, 0.3) is 0 Å². The predicted molar refractivity (Wildman–Crippen MR) is 178 cm³/mol. The van der Waals surface area contributed by atoms with Crippen molar-refractivity contribution in [1.29, 1.82) is 0 Å². The van der Waals surface area contributed by atoms with Crippen LogP contribution in [0.2, 0.25) is 0 Å². The maximum Gasteiger partial charge on any atom is 0.123 e. The normalized spacial score (nSPS) is 14.5. The van der Waals surface area contributed by atoms with Crippen LogP contribution in [0.4, 0.5) is 21.5 Å². The van der Waals surface area contributed by atoms with Crippen LogP contribution < -0.4 is 5.32 Å². The maximum atomic E-state index is 13.4. The smallest absolute Gasteiger partial charge is 0.123 e. The molecule has 1 atom stereocenters. The average molecular weight is 567 g/mol. The summed E-state index contributed by atoms with van der Waals surface area (Å²) in [6.45, 7) is 18.3. The van der Waals surface area contributed by atoms with E-state index in [2.05, 4.69) is 80.9 Å². The molecule has 0 saturated heterocycles. The van der Waals surface area contributed by atoms with E-state index in [1.165, 1.54) is 23.3 Å². The standard InChI is InChI=1S/C34H39FN4O.C2H4/c1-23-9-18-31(36-4)27(19-23)13-11-26-20-33(37-22-26)28-12-10-24(2)32(21-28)39-34(8-6-5-7-25(3)40)38-30-16-14-29(35)15-17-30;1-2/h9-10,12,14-19,21,26,40H,3-8,11,13,20,22H2,1-2H3,(H,38,39);1-2H2. The fraction of sp³-hybridized carbons (Fsp3) is 0.306. The summed E-state index contributed by atoms with van der Waals surface area (Å²) in [5.41, 5.74) is 8.44. The number of aliphatic hydroxyl groups excluding tert-OH is 1. The molecule has 0 amide bonds. The summed E-state index contributed by atoms with van der Waals surface area (Å²) in [4.78, 5) is 14.1. The molecule has 6 heteroatoms. The predicted octanol–water partition coefficient (Wildman–Crippen LogP) is 9.79. The second-order valence-corrected chi connectivity index (χ2v) is 10.7. The monoisotopic (exact) mass is 566 g/mol. The highest BCUT2D eigenvalue weighted by atomic mass is 19.1. The molecule has 42 heavy (non-hydrogen) atoms. The summed E-state index contributed by atoms with van der Waals surface area (Å²) in [6, 6.07) is 19.0. The second-order valence-electron chi connectivity index (χ2n) is 10.7. The second kappa shape index (κ2) is 16.2. The van der Waals surface area contributed by atoms with Crippen LogP contribution in [0.3, 0.4) is 0 Å². The lowest BCUT2D eigenvalue weighted by Crippen LogP contribution is -2.12. The average Bonchev–Trinajstić information content (AvgIpc) is 3.46. The lowest BCUT2D eigenvalue weighted by molar-refractivity contribution is 0.385. The Bertz CT molecular complexity index is 1420. The lowest BCUT2D eigenvalue weighted by Gasteiger charge is -2.13. The Morgan fingerprint density at radius 3 is 2.45 bits per heavy atom. The van der Waals surface area contributed by atoms with Crippen molar-refractivity contribution in [1.82, 2.24) is 0 Å². The van der Waals surface area contributed by atoms with Gasteiger partial charge in [0, 0.05) is 30.8 Å². The number of aryl methyl sites for hydroxylation is 3. The van der Waals surface area contributed by atoms with Gasteiger partial charge in [-0.2, -0.15) is 0 Å². The van der Waals surface area contributed by atoms with Gasteiger partial charge < -0.3 is 10.4 Å². The number of nitrogens with one attached hydrogen (secondary N) is 1. The molecule has 3 aromatic carbocycles. The molecule has 0 bridgehead atoms. The zero-order valence-corrected chi connectivity index (χ0v) is 25.0. The van der Waals surface area contributed by atoms with Gasteiger partial charge in [-0.1, -0.05) is 36.4 Å². The number of hydrogen-bond donors (Lipinski definition) is 2. The first-order valence-corrected chi connectivity index (χ1v) is 14.5. The molecule has 0 fully saturated rings. The highest BCUT2D eigenvalue weighted by Crippen LogP contribution is 2.29. The third-order valence-electron chi connectivity index (χ3n) is 7.31. The molecule has 220 valence electrons. The SMILES string of the molecule is C=C.C=Nc1ccc(C)cc1CCC1CN=C(c2ccc(C)c(N=C(CCCCC(=C)O)Nc3ccc(F)cc3)c2)C1. The van der Waals surface area contributed by atoms with Crippen LogP contribution in [-0.2, 0) is 6.42 Å². The van der Waals surface area contributed by atoms with Gasteiger partial charge >= 0.3 is 0 Å². The topological polar surface area (TPSA) is 69.3 Å². The number of unbranched alkanes of at least 4 members (excludes halogenated alkanes) is 1. The van der Waals surface area contributed by atoms with E-state index in [0.29, 0.717) is 18.8 Å². The molecule has 3 aromatic rings. The minimum absolute atomic E-state index is 0.195. The molecular weight excluding hydrogens is 523 g/mol. The van der Waals surface area contributed by atoms with E-state index in [1.807, 2.05) is 6.07 Å². The van der Waals surface area contributed by atoms with Gasteiger partial charge in [-0.05, 0) is 112 Å². The molecular formula is C36H43FN4O. The Morgan fingerprint density at radius 2 is 1.74 bits per heavy atom. The minimum Gasteiger partial charge on any atom is -0.513 e. The number of halogens is 1. The first-order chi connectivity index (χ1) is 20.3. The number of allylic oxidation sites excluding steroid dienone is 1. The number of benzene rings is 3. The number of hydrogen-bond acceptors (Lipinski definition) is 4. The highest BCUT2D eigenvalue weighted by molar-refractivity contribution is 6.03. The molecule has 2 N–H and O–H groups in total. The van der Waals surface area contributed by atoms with Crippen molar-refractivity contribution in [3.8, 4) is 0 Å². The summed E-state index contributed by atoms with van der Waals surface area (Å²) in [5, 5.41) is 12.8. The van der Waals surface area contributed by atoms with Crippen LogP contribution in [0.1, 0.15) is 60.8 Å². The third kappa shape index (κ3) is 9.65.